The Hall–Kier alpha value is -1.00. The maximum atomic E-state index is 11.9. The van der Waals surface area contributed by atoms with Crippen molar-refractivity contribution in [3.63, 3.8) is 0 Å². The Kier molecular flexibility index (Phi) is 5.92. The van der Waals surface area contributed by atoms with Gasteiger partial charge in [0.15, 0.2) is 0 Å². The molecule has 1 aromatic carbocycles. The number of benzene rings is 1. The third-order valence-corrected chi connectivity index (χ3v) is 4.76. The quantitative estimate of drug-likeness (QED) is 0.819. The van der Waals surface area contributed by atoms with Gasteiger partial charge >= 0.3 is 0 Å². The zero-order chi connectivity index (χ0) is 14.4. The van der Waals surface area contributed by atoms with E-state index >= 15 is 0 Å². The molecular formula is C16H24N2OS. The van der Waals surface area contributed by atoms with Gasteiger partial charge in [-0.1, -0.05) is 31.4 Å². The molecule has 110 valence electrons. The lowest BCUT2D eigenvalue weighted by Gasteiger charge is -2.22. The van der Waals surface area contributed by atoms with Crippen LogP contribution >= 0.6 is 11.8 Å². The van der Waals surface area contributed by atoms with E-state index in [0.29, 0.717) is 11.8 Å². The second-order valence-corrected chi connectivity index (χ2v) is 6.60. The fourth-order valence-electron chi connectivity index (χ4n) is 2.53. The number of hydrogen-bond acceptors (Lipinski definition) is 3. The second-order valence-electron chi connectivity index (χ2n) is 5.55. The maximum absolute atomic E-state index is 11.9. The summed E-state index contributed by atoms with van der Waals surface area (Å²) < 4.78 is 0. The Morgan fingerprint density at radius 3 is 2.55 bits per heavy atom. The van der Waals surface area contributed by atoms with Gasteiger partial charge in [-0.15, -0.1) is 11.8 Å². The van der Waals surface area contributed by atoms with Gasteiger partial charge in [0, 0.05) is 17.0 Å². The van der Waals surface area contributed by atoms with E-state index in [1.165, 1.54) is 19.3 Å². The molecule has 0 radical (unpaired) electrons. The number of thioether (sulfide) groups is 1. The molecule has 0 saturated heterocycles. The van der Waals surface area contributed by atoms with Crippen molar-refractivity contribution in [1.29, 1.82) is 0 Å². The van der Waals surface area contributed by atoms with E-state index in [1.54, 1.807) is 11.8 Å². The van der Waals surface area contributed by atoms with Gasteiger partial charge < -0.3 is 11.1 Å². The number of nitrogens with two attached hydrogens (primary N) is 1. The molecule has 0 aromatic heterocycles. The van der Waals surface area contributed by atoms with Crippen LogP contribution in [0.2, 0.25) is 0 Å². The Bertz CT molecular complexity index is 425. The molecule has 4 heteroatoms. The summed E-state index contributed by atoms with van der Waals surface area (Å²) in [6, 6.07) is 8.60. The topological polar surface area (TPSA) is 55.1 Å². The van der Waals surface area contributed by atoms with E-state index in [0.717, 1.165) is 23.3 Å². The molecule has 1 aliphatic carbocycles. The summed E-state index contributed by atoms with van der Waals surface area (Å²) in [7, 11) is 0. The molecule has 2 rings (SSSR count). The molecular weight excluding hydrogens is 268 g/mol. The summed E-state index contributed by atoms with van der Waals surface area (Å²) in [5.74, 6) is 0.645. The smallest absolute Gasteiger partial charge is 0.230 e. The first-order chi connectivity index (χ1) is 9.65. The maximum Gasteiger partial charge on any atom is 0.230 e. The normalized spacial score (nSPS) is 17.7. The molecule has 0 heterocycles. The van der Waals surface area contributed by atoms with Crippen LogP contribution in [0, 0.1) is 0 Å². The summed E-state index contributed by atoms with van der Waals surface area (Å²) in [6.45, 7) is 1.97. The van der Waals surface area contributed by atoms with Gasteiger partial charge in [0.1, 0.15) is 0 Å². The average Bonchev–Trinajstić information content (AvgIpc) is 2.46. The summed E-state index contributed by atoms with van der Waals surface area (Å²) in [5, 5.41) is 3.14. The fourth-order valence-corrected chi connectivity index (χ4v) is 3.24. The van der Waals surface area contributed by atoms with E-state index in [1.807, 2.05) is 31.2 Å². The molecule has 0 bridgehead atoms. The minimum atomic E-state index is 0.0589. The lowest BCUT2D eigenvalue weighted by Crippen LogP contribution is -2.37. The molecule has 1 fully saturated rings. The molecule has 1 unspecified atom stereocenters. The molecule has 0 aliphatic heterocycles. The SMILES string of the molecule is CC(N)c1ccc(SCC(=O)NC2CCCCC2)cc1. The summed E-state index contributed by atoms with van der Waals surface area (Å²) in [4.78, 5) is 13.0. The molecule has 3 N–H and O–H groups in total. The van der Waals surface area contributed by atoms with Crippen LogP contribution in [0.1, 0.15) is 50.6 Å². The summed E-state index contributed by atoms with van der Waals surface area (Å²) in [5.41, 5.74) is 6.95. The predicted octanol–water partition coefficient (Wildman–Crippen LogP) is 3.25. The lowest BCUT2D eigenvalue weighted by molar-refractivity contribution is -0.119. The van der Waals surface area contributed by atoms with Crippen molar-refractivity contribution in [1.82, 2.24) is 5.32 Å². The van der Waals surface area contributed by atoms with Crippen molar-refractivity contribution in [3.8, 4) is 0 Å². The van der Waals surface area contributed by atoms with Crippen molar-refractivity contribution in [2.45, 2.75) is 56.0 Å². The molecule has 20 heavy (non-hydrogen) atoms. The van der Waals surface area contributed by atoms with Crippen LogP contribution in [0.3, 0.4) is 0 Å². The van der Waals surface area contributed by atoms with Gasteiger partial charge in [0.25, 0.3) is 0 Å². The summed E-state index contributed by atoms with van der Waals surface area (Å²) >= 11 is 1.58. The molecule has 1 aliphatic rings. The van der Waals surface area contributed by atoms with Crippen LogP contribution in [0.4, 0.5) is 0 Å². The molecule has 1 aromatic rings. The molecule has 1 amide bonds. The largest absolute Gasteiger partial charge is 0.353 e. The third-order valence-electron chi connectivity index (χ3n) is 3.75. The Labute approximate surface area is 125 Å². The van der Waals surface area contributed by atoms with Crippen molar-refractivity contribution in [2.24, 2.45) is 5.73 Å². The zero-order valence-corrected chi connectivity index (χ0v) is 12.9. The van der Waals surface area contributed by atoms with Crippen molar-refractivity contribution in [3.05, 3.63) is 29.8 Å². The Balaban J connectivity index is 1.74. The predicted molar refractivity (Wildman–Crippen MR) is 84.8 cm³/mol. The van der Waals surface area contributed by atoms with Gasteiger partial charge in [-0.3, -0.25) is 4.79 Å². The lowest BCUT2D eigenvalue weighted by atomic mass is 9.95. The number of amides is 1. The van der Waals surface area contributed by atoms with Crippen molar-refractivity contribution in [2.75, 3.05) is 5.75 Å². The van der Waals surface area contributed by atoms with Crippen LogP contribution in [0.25, 0.3) is 0 Å². The first kappa shape index (κ1) is 15.4. The minimum absolute atomic E-state index is 0.0589. The minimum Gasteiger partial charge on any atom is -0.353 e. The highest BCUT2D eigenvalue weighted by Gasteiger charge is 2.15. The van der Waals surface area contributed by atoms with Gasteiger partial charge in [-0.05, 0) is 37.5 Å². The number of hydrogen-bond donors (Lipinski definition) is 2. The number of rotatable bonds is 5. The van der Waals surface area contributed by atoms with Gasteiger partial charge in [0.2, 0.25) is 5.91 Å². The monoisotopic (exact) mass is 292 g/mol. The highest BCUT2D eigenvalue weighted by Crippen LogP contribution is 2.21. The number of carbonyl (C=O) groups is 1. The Morgan fingerprint density at radius 2 is 1.95 bits per heavy atom. The van der Waals surface area contributed by atoms with Crippen LogP contribution in [-0.4, -0.2) is 17.7 Å². The van der Waals surface area contributed by atoms with E-state index in [-0.39, 0.29) is 11.9 Å². The first-order valence-corrected chi connectivity index (χ1v) is 8.41. The highest BCUT2D eigenvalue weighted by atomic mass is 32.2. The van der Waals surface area contributed by atoms with Gasteiger partial charge in [0.05, 0.1) is 5.75 Å². The van der Waals surface area contributed by atoms with E-state index in [9.17, 15) is 4.79 Å². The number of carbonyl (C=O) groups excluding carboxylic acids is 1. The molecule has 3 nitrogen and oxygen atoms in total. The van der Waals surface area contributed by atoms with Crippen LogP contribution in [0.5, 0.6) is 0 Å². The number of nitrogens with one attached hydrogen (secondary N) is 1. The fraction of sp³-hybridized carbons (Fsp3) is 0.562. The third kappa shape index (κ3) is 4.84. The van der Waals surface area contributed by atoms with Crippen molar-refractivity contribution < 1.29 is 4.79 Å². The van der Waals surface area contributed by atoms with Crippen LogP contribution < -0.4 is 11.1 Å². The van der Waals surface area contributed by atoms with Crippen molar-refractivity contribution >= 4 is 17.7 Å². The molecule has 1 atom stereocenters. The van der Waals surface area contributed by atoms with Crippen LogP contribution in [0.15, 0.2) is 29.2 Å². The Morgan fingerprint density at radius 1 is 1.30 bits per heavy atom. The van der Waals surface area contributed by atoms with Gasteiger partial charge in [-0.25, -0.2) is 0 Å². The standard InChI is InChI=1S/C16H24N2OS/c1-12(17)13-7-9-15(10-8-13)20-11-16(19)18-14-5-3-2-4-6-14/h7-10,12,14H,2-6,11,17H2,1H3,(H,18,19). The highest BCUT2D eigenvalue weighted by molar-refractivity contribution is 8.00. The van der Waals surface area contributed by atoms with Gasteiger partial charge in [-0.2, -0.15) is 0 Å². The molecule has 0 spiro atoms. The van der Waals surface area contributed by atoms with E-state index in [2.05, 4.69) is 5.32 Å². The average molecular weight is 292 g/mol. The first-order valence-electron chi connectivity index (χ1n) is 7.43. The van der Waals surface area contributed by atoms with E-state index < -0.39 is 0 Å². The zero-order valence-electron chi connectivity index (χ0n) is 12.1. The molecule has 1 saturated carbocycles. The van der Waals surface area contributed by atoms with E-state index in [4.69, 9.17) is 5.73 Å². The second kappa shape index (κ2) is 7.70. The summed E-state index contributed by atoms with van der Waals surface area (Å²) in [6.07, 6.45) is 6.08. The van der Waals surface area contributed by atoms with Crippen LogP contribution in [-0.2, 0) is 4.79 Å².